The summed E-state index contributed by atoms with van der Waals surface area (Å²) in [6.45, 7) is -0.0903. The Balaban J connectivity index is 1.50. The summed E-state index contributed by atoms with van der Waals surface area (Å²) in [7, 11) is 0. The summed E-state index contributed by atoms with van der Waals surface area (Å²) in [4.78, 5) is 20.8. The van der Waals surface area contributed by atoms with E-state index in [0.717, 1.165) is 23.4 Å². The molecule has 32 heavy (non-hydrogen) atoms. The third kappa shape index (κ3) is 4.79. The molecule has 0 spiro atoms. The Morgan fingerprint density at radius 1 is 1.00 bits per heavy atom. The first-order valence-corrected chi connectivity index (χ1v) is 9.59. The van der Waals surface area contributed by atoms with Crippen LogP contribution in [0, 0.1) is 24.0 Å². The summed E-state index contributed by atoms with van der Waals surface area (Å²) in [6.07, 6.45) is 6.90. The maximum absolute atomic E-state index is 13.7. The molecular weight excluding hydrogens is 412 g/mol. The third-order valence-corrected chi connectivity index (χ3v) is 4.64. The number of halogens is 2. The molecule has 3 aromatic carbocycles. The summed E-state index contributed by atoms with van der Waals surface area (Å²) < 4.78 is 26.7. The van der Waals surface area contributed by atoms with Gasteiger partial charge in [-0.1, -0.05) is 18.1 Å². The molecule has 6 nitrogen and oxygen atoms in total. The zero-order valence-corrected chi connectivity index (χ0v) is 16.7. The van der Waals surface area contributed by atoms with Gasteiger partial charge in [0.15, 0.2) is 0 Å². The minimum atomic E-state index is -0.724. The molecule has 0 fully saturated rings. The lowest BCUT2D eigenvalue weighted by Gasteiger charge is -2.11. The Bertz CT molecular complexity index is 1350. The van der Waals surface area contributed by atoms with Gasteiger partial charge in [-0.2, -0.15) is 0 Å². The lowest BCUT2D eigenvalue weighted by atomic mass is 10.2. The summed E-state index contributed by atoms with van der Waals surface area (Å²) in [5.41, 5.74) is 2.83. The van der Waals surface area contributed by atoms with Crippen LogP contribution in [0.5, 0.6) is 0 Å². The van der Waals surface area contributed by atoms with E-state index in [1.807, 2.05) is 24.3 Å². The smallest absolute Gasteiger partial charge is 0.319 e. The first-order valence-electron chi connectivity index (χ1n) is 9.59. The van der Waals surface area contributed by atoms with Crippen LogP contribution in [0.1, 0.15) is 11.1 Å². The van der Waals surface area contributed by atoms with Crippen LogP contribution >= 0.6 is 0 Å². The van der Waals surface area contributed by atoms with E-state index in [1.165, 1.54) is 12.4 Å². The zero-order chi connectivity index (χ0) is 22.5. The normalized spacial score (nSPS) is 10.4. The molecule has 4 aromatic rings. The number of carbonyl (C=O) groups is 1. The maximum Gasteiger partial charge on any atom is 0.319 e. The summed E-state index contributed by atoms with van der Waals surface area (Å²) in [5.74, 6) is 1.72. The standard InChI is InChI=1S/C24H17F2N5O/c1-2-15-4-3-5-18(10-15)30-23-20-12-19(8-9-22(20)28-14-29-23)31-24(32)27-13-16-6-7-17(25)11-21(16)26/h1,3-12,14H,13H2,(H2,27,31,32)(H,28,29,30). The Hall–Kier alpha value is -4.51. The number of hydrogen-bond donors (Lipinski definition) is 3. The van der Waals surface area contributed by atoms with Crippen molar-refractivity contribution in [3.63, 3.8) is 0 Å². The van der Waals surface area contributed by atoms with Gasteiger partial charge in [0, 0.05) is 40.5 Å². The van der Waals surface area contributed by atoms with Crippen LogP contribution in [-0.4, -0.2) is 16.0 Å². The van der Waals surface area contributed by atoms with Crippen LogP contribution in [0.15, 0.2) is 67.0 Å². The highest BCUT2D eigenvalue weighted by Crippen LogP contribution is 2.26. The number of carbonyl (C=O) groups excluding carboxylic acids is 1. The molecule has 2 amide bonds. The van der Waals surface area contributed by atoms with E-state index in [4.69, 9.17) is 6.42 Å². The number of amides is 2. The van der Waals surface area contributed by atoms with Crippen LogP contribution in [-0.2, 0) is 6.54 Å². The Labute approximate surface area is 182 Å². The second-order valence-corrected chi connectivity index (χ2v) is 6.85. The molecule has 1 heterocycles. The summed E-state index contributed by atoms with van der Waals surface area (Å²) in [6, 6.07) is 15.1. The first-order chi connectivity index (χ1) is 15.5. The lowest BCUT2D eigenvalue weighted by Crippen LogP contribution is -2.28. The number of terminal acetylenes is 1. The van der Waals surface area contributed by atoms with Crippen molar-refractivity contribution in [2.45, 2.75) is 6.54 Å². The molecule has 4 rings (SSSR count). The molecule has 0 bridgehead atoms. The van der Waals surface area contributed by atoms with Crippen molar-refractivity contribution < 1.29 is 13.6 Å². The molecule has 0 aliphatic rings. The Morgan fingerprint density at radius 3 is 2.69 bits per heavy atom. The molecule has 0 aliphatic carbocycles. The zero-order valence-electron chi connectivity index (χ0n) is 16.7. The summed E-state index contributed by atoms with van der Waals surface area (Å²) >= 11 is 0. The van der Waals surface area contributed by atoms with E-state index in [-0.39, 0.29) is 12.1 Å². The average molecular weight is 429 g/mol. The maximum atomic E-state index is 13.7. The number of urea groups is 1. The van der Waals surface area contributed by atoms with E-state index in [2.05, 4.69) is 31.8 Å². The molecule has 3 N–H and O–H groups in total. The van der Waals surface area contributed by atoms with Gasteiger partial charge in [-0.05, 0) is 42.5 Å². The molecule has 0 saturated carbocycles. The monoisotopic (exact) mass is 429 g/mol. The minimum absolute atomic E-state index is 0.0903. The number of aromatic nitrogens is 2. The Morgan fingerprint density at radius 2 is 1.88 bits per heavy atom. The number of benzene rings is 3. The van der Waals surface area contributed by atoms with Crippen LogP contribution in [0.3, 0.4) is 0 Å². The van der Waals surface area contributed by atoms with Gasteiger partial charge in [0.25, 0.3) is 0 Å². The van der Waals surface area contributed by atoms with Gasteiger partial charge in [-0.15, -0.1) is 6.42 Å². The highest BCUT2D eigenvalue weighted by atomic mass is 19.1. The molecule has 0 saturated heterocycles. The van der Waals surface area contributed by atoms with Crippen LogP contribution in [0.25, 0.3) is 10.9 Å². The average Bonchev–Trinajstić information content (AvgIpc) is 2.79. The van der Waals surface area contributed by atoms with E-state index in [0.29, 0.717) is 22.4 Å². The van der Waals surface area contributed by atoms with Crippen LogP contribution < -0.4 is 16.0 Å². The predicted molar refractivity (Wildman–Crippen MR) is 119 cm³/mol. The topological polar surface area (TPSA) is 78.9 Å². The summed E-state index contributed by atoms with van der Waals surface area (Å²) in [5, 5.41) is 9.13. The SMILES string of the molecule is C#Cc1cccc(Nc2ncnc3ccc(NC(=O)NCc4ccc(F)cc4F)cc23)c1. The second kappa shape index (κ2) is 9.10. The van der Waals surface area contributed by atoms with Gasteiger partial charge in [0.05, 0.1) is 5.52 Å². The van der Waals surface area contributed by atoms with Crippen LogP contribution in [0.2, 0.25) is 0 Å². The molecule has 0 radical (unpaired) electrons. The number of hydrogen-bond acceptors (Lipinski definition) is 4. The molecule has 158 valence electrons. The number of anilines is 3. The van der Waals surface area contributed by atoms with Crippen molar-refractivity contribution >= 4 is 34.1 Å². The van der Waals surface area contributed by atoms with E-state index in [1.54, 1.807) is 18.2 Å². The molecule has 0 aliphatic heterocycles. The number of nitrogens with one attached hydrogen (secondary N) is 3. The fourth-order valence-corrected chi connectivity index (χ4v) is 3.07. The van der Waals surface area contributed by atoms with Gasteiger partial charge in [-0.25, -0.2) is 23.5 Å². The lowest BCUT2D eigenvalue weighted by molar-refractivity contribution is 0.251. The molecule has 0 unspecified atom stereocenters. The van der Waals surface area contributed by atoms with Gasteiger partial charge in [-0.3, -0.25) is 0 Å². The van der Waals surface area contributed by atoms with Gasteiger partial charge < -0.3 is 16.0 Å². The van der Waals surface area contributed by atoms with Gasteiger partial charge >= 0.3 is 6.03 Å². The second-order valence-electron chi connectivity index (χ2n) is 6.85. The highest BCUT2D eigenvalue weighted by Gasteiger charge is 2.09. The van der Waals surface area contributed by atoms with Crippen molar-refractivity contribution in [3.8, 4) is 12.3 Å². The fraction of sp³-hybridized carbons (Fsp3) is 0.0417. The van der Waals surface area contributed by atoms with Gasteiger partial charge in [0.2, 0.25) is 0 Å². The van der Waals surface area contributed by atoms with E-state index >= 15 is 0 Å². The number of rotatable bonds is 5. The molecular formula is C24H17F2N5O. The van der Waals surface area contributed by atoms with Crippen LogP contribution in [0.4, 0.5) is 30.8 Å². The number of nitrogens with zero attached hydrogens (tertiary/aromatic N) is 2. The highest BCUT2D eigenvalue weighted by molar-refractivity contribution is 5.96. The van der Waals surface area contributed by atoms with Crippen molar-refractivity contribution in [2.75, 3.05) is 10.6 Å². The minimum Gasteiger partial charge on any atom is -0.340 e. The Kier molecular flexibility index (Phi) is 5.90. The molecule has 0 atom stereocenters. The van der Waals surface area contributed by atoms with Crippen molar-refractivity contribution in [2.24, 2.45) is 0 Å². The number of fused-ring (bicyclic) bond motifs is 1. The third-order valence-electron chi connectivity index (χ3n) is 4.64. The van der Waals surface area contributed by atoms with Crippen molar-refractivity contribution in [1.29, 1.82) is 0 Å². The van der Waals surface area contributed by atoms with E-state index in [9.17, 15) is 13.6 Å². The van der Waals surface area contributed by atoms with E-state index < -0.39 is 17.7 Å². The quantitative estimate of drug-likeness (QED) is 0.392. The predicted octanol–water partition coefficient (Wildman–Crippen LogP) is 4.95. The first kappa shape index (κ1) is 20.8. The van der Waals surface area contributed by atoms with Crippen molar-refractivity contribution in [1.82, 2.24) is 15.3 Å². The molecule has 8 heteroatoms. The fourth-order valence-electron chi connectivity index (χ4n) is 3.07. The van der Waals surface area contributed by atoms with Crippen molar-refractivity contribution in [3.05, 3.63) is 89.8 Å². The molecule has 1 aromatic heterocycles. The largest absolute Gasteiger partial charge is 0.340 e. The van der Waals surface area contributed by atoms with Gasteiger partial charge in [0.1, 0.15) is 23.8 Å².